The third-order valence-corrected chi connectivity index (χ3v) is 2.10. The Morgan fingerprint density at radius 2 is 1.35 bits per heavy atom. The number of hydrogen-bond acceptors (Lipinski definition) is 2. The average molecular weight is 466 g/mol. The van der Waals surface area contributed by atoms with E-state index in [-0.39, 0.29) is 65.9 Å². The first-order valence-electron chi connectivity index (χ1n) is 6.42. The van der Waals surface area contributed by atoms with Crippen LogP contribution in [0.5, 0.6) is 0 Å². The molecule has 129 valence electrons. The molecule has 0 atom stereocenters. The van der Waals surface area contributed by atoms with Gasteiger partial charge in [0.2, 0.25) is 11.8 Å². The van der Waals surface area contributed by atoms with E-state index in [1.54, 1.807) is 0 Å². The topological polar surface area (TPSA) is 58.2 Å². The van der Waals surface area contributed by atoms with Gasteiger partial charge in [-0.1, -0.05) is 34.6 Å². The van der Waals surface area contributed by atoms with Crippen molar-refractivity contribution in [1.29, 1.82) is 0 Å². The smallest absolute Gasteiger partial charge is 0.234 e. The summed E-state index contributed by atoms with van der Waals surface area (Å²) >= 11 is 5.22. The summed E-state index contributed by atoms with van der Waals surface area (Å²) in [5, 5.41) is 5.45. The van der Waals surface area contributed by atoms with E-state index in [2.05, 4.69) is 24.5 Å². The minimum Gasteiger partial charge on any atom is -0.356 e. The van der Waals surface area contributed by atoms with E-state index in [1.165, 1.54) is 0 Å². The summed E-state index contributed by atoms with van der Waals surface area (Å²) in [4.78, 5) is 21.1. The van der Waals surface area contributed by atoms with Crippen LogP contribution in [0, 0.1) is 11.8 Å². The minimum absolute atomic E-state index is 0. The van der Waals surface area contributed by atoms with E-state index >= 15 is 0 Å². The van der Waals surface area contributed by atoms with Crippen molar-refractivity contribution in [1.82, 2.24) is 10.6 Å². The monoisotopic (exact) mass is 465 g/mol. The summed E-state index contributed by atoms with van der Waals surface area (Å²) in [6, 6.07) is 0. The number of carbonyl (C=O) groups is 2. The van der Waals surface area contributed by atoms with Crippen molar-refractivity contribution in [3.63, 3.8) is 0 Å². The molecule has 0 saturated heterocycles. The number of hydrogen-bond donors (Lipinski definition) is 2. The van der Waals surface area contributed by atoms with Gasteiger partial charge in [-0.15, -0.1) is 35.6 Å². The molecule has 0 aliphatic carbocycles. The van der Waals surface area contributed by atoms with E-state index in [0.717, 1.165) is 6.54 Å². The first kappa shape index (κ1) is 28.7. The van der Waals surface area contributed by atoms with Crippen molar-refractivity contribution in [2.24, 2.45) is 11.8 Å². The Kier molecular flexibility index (Phi) is 28.0. The molecule has 2 N–H and O–H groups in total. The maximum atomic E-state index is 10.6. The quantitative estimate of drug-likeness (QED) is 0.463. The molecule has 0 aromatic carbocycles. The Morgan fingerprint density at radius 1 is 1.00 bits per heavy atom. The zero-order valence-electron chi connectivity index (χ0n) is 13.0. The first-order valence-corrected chi connectivity index (χ1v) is 6.96. The maximum absolute atomic E-state index is 10.6. The van der Waals surface area contributed by atoms with Gasteiger partial charge < -0.3 is 10.6 Å². The third-order valence-electron chi connectivity index (χ3n) is 1.86. The molecule has 4 nitrogen and oxygen atoms in total. The van der Waals surface area contributed by atoms with Crippen molar-refractivity contribution in [2.45, 2.75) is 41.0 Å². The average Bonchev–Trinajstić information content (AvgIpc) is 2.33. The first-order chi connectivity index (χ1) is 8.33. The molecule has 0 fully saturated rings. The number of alkyl halides is 1. The summed E-state index contributed by atoms with van der Waals surface area (Å²) in [6.45, 7) is 11.6. The normalized spacial score (nSPS) is 8.80. The Morgan fingerprint density at radius 3 is 1.60 bits per heavy atom. The van der Waals surface area contributed by atoms with E-state index < -0.39 is 0 Å². The Bertz CT molecular complexity index is 234. The van der Waals surface area contributed by atoms with Gasteiger partial charge in [0, 0.05) is 43.8 Å². The Hall–Kier alpha value is 0.544. The SMILES string of the molecule is CC(C)CNC(=O)CCl.CCC(=O)NCC(C)C.I.[HH].[HH].[HH].[HH].[V]. The fourth-order valence-electron chi connectivity index (χ4n) is 0.808. The number of amides is 2. The second-order valence-corrected chi connectivity index (χ2v) is 5.15. The van der Waals surface area contributed by atoms with Gasteiger partial charge >= 0.3 is 0 Å². The summed E-state index contributed by atoms with van der Waals surface area (Å²) in [6.07, 6.45) is 0.590. The molecule has 1 radical (unpaired) electrons. The number of nitrogens with one attached hydrogen (secondary N) is 2. The summed E-state index contributed by atoms with van der Waals surface area (Å²) < 4.78 is 0. The fraction of sp³-hybridized carbons (Fsp3) is 0.846. The standard InChI is InChI=1S/C7H15NO.C6H12ClNO.HI.V.4H2/c1-4-7(9)8-5-6(2)3;1-5(2)4-8-6(9)3-7;;;;;;/h6H,4-5H2,1-3H3,(H,8,9);5H,3-4H2,1-2H3,(H,8,9);1H;;4*1H. The largest absolute Gasteiger partial charge is 0.356 e. The van der Waals surface area contributed by atoms with E-state index in [9.17, 15) is 9.59 Å². The number of rotatable bonds is 6. The van der Waals surface area contributed by atoms with Gasteiger partial charge in [0.1, 0.15) is 5.88 Å². The van der Waals surface area contributed by atoms with Crippen molar-refractivity contribution >= 4 is 47.4 Å². The molecule has 2 amide bonds. The van der Waals surface area contributed by atoms with Crippen LogP contribution in [-0.2, 0) is 28.1 Å². The molecule has 0 heterocycles. The van der Waals surface area contributed by atoms with E-state index in [1.807, 2.05) is 20.8 Å². The third kappa shape index (κ3) is 27.0. The zero-order chi connectivity index (χ0) is 14.6. The van der Waals surface area contributed by atoms with Gasteiger partial charge in [-0.05, 0) is 11.8 Å². The van der Waals surface area contributed by atoms with Gasteiger partial charge in [0.25, 0.3) is 0 Å². The summed E-state index contributed by atoms with van der Waals surface area (Å²) in [5.41, 5.74) is 0. The summed E-state index contributed by atoms with van der Waals surface area (Å²) in [5.74, 6) is 1.17. The van der Waals surface area contributed by atoms with Crippen molar-refractivity contribution in [3.8, 4) is 0 Å². The fourth-order valence-corrected chi connectivity index (χ4v) is 0.903. The van der Waals surface area contributed by atoms with Crippen LogP contribution in [-0.4, -0.2) is 30.8 Å². The van der Waals surface area contributed by atoms with Gasteiger partial charge in [-0.25, -0.2) is 0 Å². The molecule has 0 aliphatic rings. The van der Waals surface area contributed by atoms with E-state index in [4.69, 9.17) is 11.6 Å². The molecular formula is C13H36ClIN2O2V. The van der Waals surface area contributed by atoms with Gasteiger partial charge in [-0.3, -0.25) is 9.59 Å². The van der Waals surface area contributed by atoms with Crippen molar-refractivity contribution < 1.29 is 33.9 Å². The maximum Gasteiger partial charge on any atom is 0.234 e. The number of carbonyl (C=O) groups excluding carboxylic acids is 2. The Labute approximate surface area is 163 Å². The minimum atomic E-state index is -0.0923. The molecule has 0 unspecified atom stereocenters. The van der Waals surface area contributed by atoms with Crippen LogP contribution in [0.4, 0.5) is 0 Å². The molecule has 20 heavy (non-hydrogen) atoms. The van der Waals surface area contributed by atoms with E-state index in [0.29, 0.717) is 24.8 Å². The van der Waals surface area contributed by atoms with Crippen molar-refractivity contribution in [2.75, 3.05) is 19.0 Å². The van der Waals surface area contributed by atoms with Crippen LogP contribution in [0.15, 0.2) is 0 Å². The predicted molar refractivity (Wildman–Crippen MR) is 101 cm³/mol. The Balaban J connectivity index is -0.0000000284. The van der Waals surface area contributed by atoms with Gasteiger partial charge in [0.15, 0.2) is 0 Å². The number of halogens is 2. The van der Waals surface area contributed by atoms with Crippen LogP contribution < -0.4 is 10.6 Å². The molecule has 0 aromatic rings. The molecule has 0 spiro atoms. The molecule has 0 rings (SSSR count). The predicted octanol–water partition coefficient (Wildman–Crippen LogP) is 3.77. The second-order valence-electron chi connectivity index (χ2n) is 4.88. The molecule has 0 saturated carbocycles. The molecule has 7 heteroatoms. The van der Waals surface area contributed by atoms with Crippen LogP contribution in [0.1, 0.15) is 46.7 Å². The molecule has 0 aliphatic heterocycles. The van der Waals surface area contributed by atoms with Crippen LogP contribution in [0.3, 0.4) is 0 Å². The molecule has 0 bridgehead atoms. The van der Waals surface area contributed by atoms with Gasteiger partial charge in [0.05, 0.1) is 0 Å². The molecule has 0 aromatic heterocycles. The van der Waals surface area contributed by atoms with Crippen LogP contribution in [0.25, 0.3) is 0 Å². The molecular weight excluding hydrogens is 429 g/mol. The van der Waals surface area contributed by atoms with Crippen LogP contribution >= 0.6 is 35.6 Å². The summed E-state index contributed by atoms with van der Waals surface area (Å²) in [7, 11) is 0. The second kappa shape index (κ2) is 19.5. The van der Waals surface area contributed by atoms with Crippen molar-refractivity contribution in [3.05, 3.63) is 0 Å². The van der Waals surface area contributed by atoms with Crippen LogP contribution in [0.2, 0.25) is 0 Å². The van der Waals surface area contributed by atoms with Gasteiger partial charge in [-0.2, -0.15) is 0 Å². The zero-order valence-corrected chi connectivity index (χ0v) is 17.5.